The molecule has 0 heterocycles. The Bertz CT molecular complexity index is 225. The zero-order valence-electron chi connectivity index (χ0n) is 9.77. The van der Waals surface area contributed by atoms with Crippen molar-refractivity contribution >= 4 is 8.07 Å². The summed E-state index contributed by atoms with van der Waals surface area (Å²) in [6, 6.07) is 0.141. The van der Waals surface area contributed by atoms with Crippen LogP contribution in [0.2, 0.25) is 19.6 Å². The molecule has 1 aliphatic rings. The smallest absolute Gasteiger partial charge is 0.129 e. The van der Waals surface area contributed by atoms with Gasteiger partial charge >= 0.3 is 0 Å². The summed E-state index contributed by atoms with van der Waals surface area (Å²) in [5.41, 5.74) is 9.49. The second kappa shape index (κ2) is 5.00. The Labute approximate surface area is 89.5 Å². The summed E-state index contributed by atoms with van der Waals surface area (Å²) in [6.07, 6.45) is 6.69. The average Bonchev–Trinajstić information content (AvgIpc) is 2.14. The quantitative estimate of drug-likeness (QED) is 0.521. The van der Waals surface area contributed by atoms with E-state index in [9.17, 15) is 0 Å². The van der Waals surface area contributed by atoms with Crippen molar-refractivity contribution in [3.8, 4) is 11.5 Å². The first-order valence-electron chi connectivity index (χ1n) is 5.77. The third-order valence-electron chi connectivity index (χ3n) is 2.77. The van der Waals surface area contributed by atoms with Gasteiger partial charge in [0.2, 0.25) is 0 Å². The predicted octanol–water partition coefficient (Wildman–Crippen LogP) is 2.77. The van der Waals surface area contributed by atoms with Gasteiger partial charge in [0.05, 0.1) is 6.04 Å². The van der Waals surface area contributed by atoms with Gasteiger partial charge in [-0.05, 0) is 18.8 Å². The molecule has 0 radical (unpaired) electrons. The summed E-state index contributed by atoms with van der Waals surface area (Å²) < 4.78 is 0. The molecule has 1 fully saturated rings. The highest BCUT2D eigenvalue weighted by Crippen LogP contribution is 2.25. The summed E-state index contributed by atoms with van der Waals surface area (Å²) >= 11 is 0. The van der Waals surface area contributed by atoms with Gasteiger partial charge in [-0.15, -0.1) is 5.54 Å². The molecular formula is C12H23NSi. The van der Waals surface area contributed by atoms with E-state index in [1.54, 1.807) is 0 Å². The largest absolute Gasteiger partial charge is 0.317 e. The highest BCUT2D eigenvalue weighted by Gasteiger charge is 2.19. The summed E-state index contributed by atoms with van der Waals surface area (Å²) in [4.78, 5) is 0. The van der Waals surface area contributed by atoms with E-state index in [0.29, 0.717) is 5.92 Å². The molecule has 80 valence electrons. The van der Waals surface area contributed by atoms with Gasteiger partial charge in [-0.2, -0.15) is 0 Å². The molecule has 0 amide bonds. The lowest BCUT2D eigenvalue weighted by molar-refractivity contribution is 0.337. The van der Waals surface area contributed by atoms with Gasteiger partial charge in [0, 0.05) is 0 Å². The number of hydrogen-bond donors (Lipinski definition) is 1. The van der Waals surface area contributed by atoms with Gasteiger partial charge in [0.15, 0.2) is 0 Å². The molecule has 0 aromatic rings. The van der Waals surface area contributed by atoms with Crippen molar-refractivity contribution in [1.82, 2.24) is 0 Å². The molecule has 14 heavy (non-hydrogen) atoms. The fourth-order valence-corrected chi connectivity index (χ4v) is 2.51. The molecule has 0 spiro atoms. The zero-order chi connectivity index (χ0) is 10.6. The first-order chi connectivity index (χ1) is 6.49. The maximum Gasteiger partial charge on any atom is 0.129 e. The summed E-state index contributed by atoms with van der Waals surface area (Å²) in [5, 5.41) is 0. The van der Waals surface area contributed by atoms with E-state index in [4.69, 9.17) is 5.73 Å². The van der Waals surface area contributed by atoms with E-state index in [1.807, 2.05) is 0 Å². The highest BCUT2D eigenvalue weighted by atomic mass is 28.3. The molecular weight excluding hydrogens is 186 g/mol. The Morgan fingerprint density at radius 3 is 2.21 bits per heavy atom. The Morgan fingerprint density at radius 1 is 1.14 bits per heavy atom. The lowest BCUT2D eigenvalue weighted by atomic mass is 9.85. The second-order valence-electron chi connectivity index (χ2n) is 5.44. The van der Waals surface area contributed by atoms with Gasteiger partial charge < -0.3 is 5.73 Å². The molecule has 0 aliphatic heterocycles. The fraction of sp³-hybridized carbons (Fsp3) is 0.833. The SMILES string of the molecule is C[Si](C)(C)C#C[C@@H](N)C1CCCCC1. The molecule has 1 atom stereocenters. The van der Waals surface area contributed by atoms with Gasteiger partial charge in [-0.3, -0.25) is 0 Å². The van der Waals surface area contributed by atoms with Crippen molar-refractivity contribution in [2.45, 2.75) is 57.8 Å². The van der Waals surface area contributed by atoms with Crippen LogP contribution in [-0.2, 0) is 0 Å². The normalized spacial score (nSPS) is 21.1. The van der Waals surface area contributed by atoms with Gasteiger partial charge in [-0.1, -0.05) is 44.8 Å². The van der Waals surface area contributed by atoms with Crippen LogP contribution in [0.4, 0.5) is 0 Å². The molecule has 1 saturated carbocycles. The third-order valence-corrected chi connectivity index (χ3v) is 3.67. The van der Waals surface area contributed by atoms with Crippen LogP contribution in [0.15, 0.2) is 0 Å². The molecule has 0 unspecified atom stereocenters. The summed E-state index contributed by atoms with van der Waals surface area (Å²) in [7, 11) is -1.22. The van der Waals surface area contributed by atoms with Crippen molar-refractivity contribution in [2.24, 2.45) is 11.7 Å². The van der Waals surface area contributed by atoms with E-state index in [2.05, 4.69) is 31.1 Å². The number of rotatable bonds is 1. The lowest BCUT2D eigenvalue weighted by Gasteiger charge is -2.24. The molecule has 0 bridgehead atoms. The average molecular weight is 209 g/mol. The minimum atomic E-state index is -1.22. The monoisotopic (exact) mass is 209 g/mol. The molecule has 1 aliphatic carbocycles. The minimum absolute atomic E-state index is 0.141. The maximum atomic E-state index is 6.10. The van der Waals surface area contributed by atoms with Crippen LogP contribution in [-0.4, -0.2) is 14.1 Å². The van der Waals surface area contributed by atoms with Gasteiger partial charge in [-0.25, -0.2) is 0 Å². The van der Waals surface area contributed by atoms with Crippen molar-refractivity contribution in [1.29, 1.82) is 0 Å². The lowest BCUT2D eigenvalue weighted by Crippen LogP contribution is -2.31. The molecule has 2 heteroatoms. The first-order valence-corrected chi connectivity index (χ1v) is 9.27. The van der Waals surface area contributed by atoms with E-state index in [0.717, 1.165) is 0 Å². The highest BCUT2D eigenvalue weighted by molar-refractivity contribution is 6.83. The topological polar surface area (TPSA) is 26.0 Å². The molecule has 0 aromatic heterocycles. The van der Waals surface area contributed by atoms with Crippen molar-refractivity contribution < 1.29 is 0 Å². The Balaban J connectivity index is 2.46. The van der Waals surface area contributed by atoms with Crippen LogP contribution in [0.1, 0.15) is 32.1 Å². The standard InChI is InChI=1S/C12H23NSi/c1-14(2,3)10-9-12(13)11-7-5-4-6-8-11/h11-12H,4-8,13H2,1-3H3/t12-/m1/s1. The van der Waals surface area contributed by atoms with Gasteiger partial charge in [0.1, 0.15) is 8.07 Å². The van der Waals surface area contributed by atoms with Gasteiger partial charge in [0.25, 0.3) is 0 Å². The molecule has 2 N–H and O–H groups in total. The first kappa shape index (κ1) is 11.8. The van der Waals surface area contributed by atoms with E-state index in [1.165, 1.54) is 32.1 Å². The van der Waals surface area contributed by atoms with Crippen LogP contribution in [0.25, 0.3) is 0 Å². The van der Waals surface area contributed by atoms with Crippen LogP contribution in [0.3, 0.4) is 0 Å². The van der Waals surface area contributed by atoms with E-state index >= 15 is 0 Å². The zero-order valence-corrected chi connectivity index (χ0v) is 10.8. The molecule has 0 saturated heterocycles. The van der Waals surface area contributed by atoms with E-state index in [-0.39, 0.29) is 6.04 Å². The number of nitrogens with two attached hydrogens (primary N) is 1. The molecule has 1 nitrogen and oxygen atoms in total. The van der Waals surface area contributed by atoms with E-state index < -0.39 is 8.07 Å². The van der Waals surface area contributed by atoms with Crippen molar-refractivity contribution in [3.05, 3.63) is 0 Å². The third kappa shape index (κ3) is 4.30. The van der Waals surface area contributed by atoms with Crippen molar-refractivity contribution in [2.75, 3.05) is 0 Å². The Kier molecular flexibility index (Phi) is 4.22. The second-order valence-corrected chi connectivity index (χ2v) is 10.2. The number of hydrogen-bond acceptors (Lipinski definition) is 1. The van der Waals surface area contributed by atoms with Crippen LogP contribution < -0.4 is 5.73 Å². The Hall–Kier alpha value is -0.263. The molecule has 1 rings (SSSR count). The van der Waals surface area contributed by atoms with Crippen molar-refractivity contribution in [3.63, 3.8) is 0 Å². The summed E-state index contributed by atoms with van der Waals surface area (Å²) in [6.45, 7) is 6.81. The van der Waals surface area contributed by atoms with Crippen LogP contribution >= 0.6 is 0 Å². The maximum absolute atomic E-state index is 6.10. The van der Waals surface area contributed by atoms with Crippen LogP contribution in [0, 0.1) is 17.4 Å². The predicted molar refractivity (Wildman–Crippen MR) is 65.7 cm³/mol. The Morgan fingerprint density at radius 2 is 1.71 bits per heavy atom. The summed E-state index contributed by atoms with van der Waals surface area (Å²) in [5.74, 6) is 3.96. The van der Waals surface area contributed by atoms with Crippen LogP contribution in [0.5, 0.6) is 0 Å². The molecule has 0 aromatic carbocycles. The fourth-order valence-electron chi connectivity index (χ4n) is 1.91. The minimum Gasteiger partial charge on any atom is -0.317 e.